The second-order valence-electron chi connectivity index (χ2n) is 3.90. The third-order valence-corrected chi connectivity index (χ3v) is 3.43. The Morgan fingerprint density at radius 1 is 1.26 bits per heavy atom. The van der Waals surface area contributed by atoms with Crippen molar-refractivity contribution >= 4 is 38.9 Å². The quantitative estimate of drug-likeness (QED) is 0.652. The van der Waals surface area contributed by atoms with Crippen LogP contribution in [0.2, 0.25) is 5.02 Å². The molecule has 0 saturated heterocycles. The van der Waals surface area contributed by atoms with E-state index >= 15 is 0 Å². The van der Waals surface area contributed by atoms with Gasteiger partial charge in [-0.1, -0.05) is 23.7 Å². The summed E-state index contributed by atoms with van der Waals surface area (Å²) in [5, 5.41) is 14.5. The number of anilines is 1. The van der Waals surface area contributed by atoms with E-state index in [4.69, 9.17) is 11.6 Å². The average molecular weight is 342 g/mol. The largest absolute Gasteiger partial charge is 0.380 e. The molecule has 2 rings (SSSR count). The first-order valence-corrected chi connectivity index (χ1v) is 6.65. The Morgan fingerprint density at radius 3 is 2.68 bits per heavy atom. The normalized spacial score (nSPS) is 10.2. The highest BCUT2D eigenvalue weighted by atomic mass is 79.9. The molecule has 0 fully saturated rings. The van der Waals surface area contributed by atoms with Crippen LogP contribution in [-0.2, 0) is 6.54 Å². The van der Waals surface area contributed by atoms with Crippen LogP contribution < -0.4 is 5.32 Å². The zero-order chi connectivity index (χ0) is 13.8. The standard InChI is InChI=1S/C13H10BrClN2O2/c14-12-7-11(17(18)19)4-5-13(12)16-8-9-2-1-3-10(15)6-9/h1-7,16H,8H2. The number of rotatable bonds is 4. The van der Waals surface area contributed by atoms with Gasteiger partial charge in [-0.05, 0) is 39.7 Å². The van der Waals surface area contributed by atoms with Gasteiger partial charge < -0.3 is 5.32 Å². The van der Waals surface area contributed by atoms with Crippen molar-refractivity contribution in [1.29, 1.82) is 0 Å². The van der Waals surface area contributed by atoms with E-state index in [1.165, 1.54) is 12.1 Å². The number of nitro benzene ring substituents is 1. The maximum Gasteiger partial charge on any atom is 0.270 e. The molecule has 2 aromatic rings. The summed E-state index contributed by atoms with van der Waals surface area (Å²) in [6.07, 6.45) is 0. The van der Waals surface area contributed by atoms with Gasteiger partial charge in [0.25, 0.3) is 5.69 Å². The Labute approximate surface area is 123 Å². The van der Waals surface area contributed by atoms with Crippen molar-refractivity contribution in [2.45, 2.75) is 6.54 Å². The molecule has 19 heavy (non-hydrogen) atoms. The van der Waals surface area contributed by atoms with Crippen LogP contribution in [0, 0.1) is 10.1 Å². The van der Waals surface area contributed by atoms with Gasteiger partial charge in [-0.2, -0.15) is 0 Å². The monoisotopic (exact) mass is 340 g/mol. The molecule has 0 amide bonds. The molecule has 0 atom stereocenters. The van der Waals surface area contributed by atoms with Gasteiger partial charge in [-0.15, -0.1) is 0 Å². The summed E-state index contributed by atoms with van der Waals surface area (Å²) in [4.78, 5) is 10.2. The number of halogens is 2. The van der Waals surface area contributed by atoms with Crippen molar-refractivity contribution in [1.82, 2.24) is 0 Å². The van der Waals surface area contributed by atoms with Crippen molar-refractivity contribution in [3.05, 3.63) is 67.6 Å². The zero-order valence-electron chi connectivity index (χ0n) is 9.77. The predicted molar refractivity (Wildman–Crippen MR) is 79.6 cm³/mol. The third kappa shape index (κ3) is 3.68. The molecule has 0 aliphatic heterocycles. The number of non-ortho nitro benzene ring substituents is 1. The van der Waals surface area contributed by atoms with Crippen molar-refractivity contribution in [2.75, 3.05) is 5.32 Å². The minimum Gasteiger partial charge on any atom is -0.380 e. The van der Waals surface area contributed by atoms with E-state index in [0.29, 0.717) is 16.0 Å². The van der Waals surface area contributed by atoms with Gasteiger partial charge >= 0.3 is 0 Å². The average Bonchev–Trinajstić information content (AvgIpc) is 2.37. The Morgan fingerprint density at radius 2 is 2.05 bits per heavy atom. The van der Waals surface area contributed by atoms with Crippen molar-refractivity contribution in [2.24, 2.45) is 0 Å². The fraction of sp³-hybridized carbons (Fsp3) is 0.0769. The molecule has 4 nitrogen and oxygen atoms in total. The molecule has 6 heteroatoms. The van der Waals surface area contributed by atoms with E-state index in [1.807, 2.05) is 24.3 Å². The molecular formula is C13H10BrClN2O2. The number of nitrogens with zero attached hydrogens (tertiary/aromatic N) is 1. The lowest BCUT2D eigenvalue weighted by atomic mass is 10.2. The highest BCUT2D eigenvalue weighted by Gasteiger charge is 2.08. The molecule has 0 aromatic heterocycles. The van der Waals surface area contributed by atoms with Crippen LogP contribution >= 0.6 is 27.5 Å². The molecule has 0 bridgehead atoms. The molecule has 2 aromatic carbocycles. The minimum atomic E-state index is -0.425. The van der Waals surface area contributed by atoms with Gasteiger partial charge in [0.15, 0.2) is 0 Å². The minimum absolute atomic E-state index is 0.0557. The number of nitrogens with one attached hydrogen (secondary N) is 1. The Bertz CT molecular complexity index is 619. The van der Waals surface area contributed by atoms with Crippen LogP contribution in [0.25, 0.3) is 0 Å². The second kappa shape index (κ2) is 6.04. The molecule has 0 saturated carbocycles. The Hall–Kier alpha value is -1.59. The van der Waals surface area contributed by atoms with Crippen molar-refractivity contribution in [3.8, 4) is 0 Å². The lowest BCUT2D eigenvalue weighted by molar-refractivity contribution is -0.384. The molecular weight excluding hydrogens is 332 g/mol. The van der Waals surface area contributed by atoms with Crippen LogP contribution in [-0.4, -0.2) is 4.92 Å². The number of nitro groups is 1. The van der Waals surface area contributed by atoms with E-state index < -0.39 is 4.92 Å². The molecule has 0 spiro atoms. The van der Waals surface area contributed by atoms with Gasteiger partial charge in [0, 0.05) is 33.9 Å². The third-order valence-electron chi connectivity index (χ3n) is 2.54. The van der Waals surface area contributed by atoms with Crippen LogP contribution in [0.1, 0.15) is 5.56 Å². The summed E-state index contributed by atoms with van der Waals surface area (Å²) in [6, 6.07) is 12.1. The van der Waals surface area contributed by atoms with E-state index in [1.54, 1.807) is 6.07 Å². The maximum absolute atomic E-state index is 10.6. The first kappa shape index (κ1) is 13.8. The van der Waals surface area contributed by atoms with Crippen LogP contribution in [0.15, 0.2) is 46.9 Å². The molecule has 0 aliphatic rings. The smallest absolute Gasteiger partial charge is 0.270 e. The van der Waals surface area contributed by atoms with Gasteiger partial charge in [-0.25, -0.2) is 0 Å². The first-order valence-electron chi connectivity index (χ1n) is 5.48. The fourth-order valence-electron chi connectivity index (χ4n) is 1.61. The number of benzene rings is 2. The summed E-state index contributed by atoms with van der Waals surface area (Å²) in [5.41, 5.74) is 1.89. The Kier molecular flexibility index (Phi) is 4.39. The van der Waals surface area contributed by atoms with E-state index in [0.717, 1.165) is 11.3 Å². The molecule has 1 N–H and O–H groups in total. The van der Waals surface area contributed by atoms with E-state index in [-0.39, 0.29) is 5.69 Å². The lowest BCUT2D eigenvalue weighted by Gasteiger charge is -2.08. The van der Waals surface area contributed by atoms with Gasteiger partial charge in [0.05, 0.1) is 4.92 Å². The summed E-state index contributed by atoms with van der Waals surface area (Å²) in [7, 11) is 0. The van der Waals surface area contributed by atoms with Gasteiger partial charge in [-0.3, -0.25) is 10.1 Å². The number of hydrogen-bond acceptors (Lipinski definition) is 3. The predicted octanol–water partition coefficient (Wildman–Crippen LogP) is 4.62. The first-order chi connectivity index (χ1) is 9.06. The lowest BCUT2D eigenvalue weighted by Crippen LogP contribution is -2.00. The van der Waals surface area contributed by atoms with Crippen molar-refractivity contribution < 1.29 is 4.92 Å². The van der Waals surface area contributed by atoms with Gasteiger partial charge in [0.2, 0.25) is 0 Å². The number of hydrogen-bond donors (Lipinski definition) is 1. The van der Waals surface area contributed by atoms with E-state index in [9.17, 15) is 10.1 Å². The summed E-state index contributed by atoms with van der Waals surface area (Å²) < 4.78 is 0.656. The van der Waals surface area contributed by atoms with Crippen LogP contribution in [0.3, 0.4) is 0 Å². The molecule has 0 aliphatic carbocycles. The molecule has 0 unspecified atom stereocenters. The summed E-state index contributed by atoms with van der Waals surface area (Å²) in [5.74, 6) is 0. The van der Waals surface area contributed by atoms with Crippen molar-refractivity contribution in [3.63, 3.8) is 0 Å². The summed E-state index contributed by atoms with van der Waals surface area (Å²) in [6.45, 7) is 0.594. The van der Waals surface area contributed by atoms with Crippen LogP contribution in [0.5, 0.6) is 0 Å². The Balaban J connectivity index is 2.10. The molecule has 98 valence electrons. The molecule has 0 radical (unpaired) electrons. The van der Waals surface area contributed by atoms with Crippen LogP contribution in [0.4, 0.5) is 11.4 Å². The van der Waals surface area contributed by atoms with E-state index in [2.05, 4.69) is 21.2 Å². The molecule has 0 heterocycles. The highest BCUT2D eigenvalue weighted by Crippen LogP contribution is 2.27. The topological polar surface area (TPSA) is 55.2 Å². The SMILES string of the molecule is O=[N+]([O-])c1ccc(NCc2cccc(Cl)c2)c(Br)c1. The fourth-order valence-corrected chi connectivity index (χ4v) is 2.32. The highest BCUT2D eigenvalue weighted by molar-refractivity contribution is 9.10. The zero-order valence-corrected chi connectivity index (χ0v) is 12.1. The second-order valence-corrected chi connectivity index (χ2v) is 5.20. The van der Waals surface area contributed by atoms with Gasteiger partial charge in [0.1, 0.15) is 0 Å². The summed E-state index contributed by atoms with van der Waals surface area (Å²) >= 11 is 9.21. The maximum atomic E-state index is 10.6.